The zero-order valence-corrected chi connectivity index (χ0v) is 20.3. The molecule has 1 unspecified atom stereocenters. The number of carbonyl (C=O) groups is 1. The number of hydrogen-bond acceptors (Lipinski definition) is 8. The van der Waals surface area contributed by atoms with E-state index in [-0.39, 0.29) is 34.1 Å². The number of ketones is 1. The second-order valence-electron chi connectivity index (χ2n) is 8.03. The van der Waals surface area contributed by atoms with Gasteiger partial charge in [0.2, 0.25) is 11.7 Å². The number of hydrogen-bond donors (Lipinski definition) is 2. The number of ether oxygens (including phenoxy) is 3. The molecule has 0 fully saturated rings. The maximum absolute atomic E-state index is 13.0. The van der Waals surface area contributed by atoms with Gasteiger partial charge in [-0.2, -0.15) is 0 Å². The third-order valence-corrected chi connectivity index (χ3v) is 5.79. The van der Waals surface area contributed by atoms with Crippen LogP contribution < -0.4 is 24.7 Å². The summed E-state index contributed by atoms with van der Waals surface area (Å²) in [5, 5.41) is 8.54. The van der Waals surface area contributed by atoms with Crippen molar-refractivity contribution in [3.8, 4) is 17.2 Å². The van der Waals surface area contributed by atoms with Crippen molar-refractivity contribution in [3.05, 3.63) is 51.8 Å². The molecule has 0 saturated heterocycles. The number of benzene rings is 2. The summed E-state index contributed by atoms with van der Waals surface area (Å²) in [6.45, 7) is 4.16. The number of H-pyrrole nitrogens is 1. The van der Waals surface area contributed by atoms with E-state index in [0.29, 0.717) is 41.5 Å². The van der Waals surface area contributed by atoms with Crippen LogP contribution >= 0.6 is 0 Å². The quantitative estimate of drug-likeness (QED) is 0.439. The third-order valence-electron chi connectivity index (χ3n) is 5.79. The lowest BCUT2D eigenvalue weighted by atomic mass is 9.95. The summed E-state index contributed by atoms with van der Waals surface area (Å²) in [6.07, 6.45) is 0.687. The molecular weight excluding hydrogens is 436 g/mol. The van der Waals surface area contributed by atoms with Crippen LogP contribution in [0.3, 0.4) is 0 Å². The number of nitrogens with one attached hydrogen (secondary N) is 2. The molecule has 2 aromatic carbocycles. The Hall–Kier alpha value is -3.88. The van der Waals surface area contributed by atoms with Crippen LogP contribution in [-0.4, -0.2) is 49.8 Å². The van der Waals surface area contributed by atoms with E-state index < -0.39 is 0 Å². The fraction of sp³-hybridized carbons (Fsp3) is 0.360. The molecule has 3 aromatic rings. The highest BCUT2D eigenvalue weighted by Crippen LogP contribution is 2.41. The number of carbonyl (C=O) groups excluding carboxylic acids is 1. The highest BCUT2D eigenvalue weighted by atomic mass is 16.5. The van der Waals surface area contributed by atoms with E-state index in [0.717, 1.165) is 5.56 Å². The molecule has 9 heteroatoms. The molecule has 34 heavy (non-hydrogen) atoms. The van der Waals surface area contributed by atoms with Crippen LogP contribution in [0.15, 0.2) is 35.1 Å². The summed E-state index contributed by atoms with van der Waals surface area (Å²) in [7, 11) is 6.22. The Labute approximate surface area is 198 Å². The summed E-state index contributed by atoms with van der Waals surface area (Å²) < 4.78 is 16.2. The van der Waals surface area contributed by atoms with Gasteiger partial charge in [-0.15, -0.1) is 0 Å². The predicted molar refractivity (Wildman–Crippen MR) is 132 cm³/mol. The highest BCUT2D eigenvalue weighted by molar-refractivity contribution is 6.45. The number of rotatable bonds is 10. The lowest BCUT2D eigenvalue weighted by Crippen LogP contribution is -2.24. The van der Waals surface area contributed by atoms with E-state index >= 15 is 0 Å². The molecule has 1 heterocycles. The summed E-state index contributed by atoms with van der Waals surface area (Å²) in [6, 6.07) is 8.92. The Bertz CT molecular complexity index is 1280. The SMILES string of the molecule is CCC(C)C(=O)C(=N)c1cccc(CN(C)c2nc3cc(OC)c(OC)c(OC)c3c(=O)[nH]2)c1. The largest absolute Gasteiger partial charge is 0.493 e. The number of Topliss-reactive ketones (excluding diaryl/α,β-unsaturated/α-hetero) is 1. The Morgan fingerprint density at radius 2 is 1.85 bits per heavy atom. The van der Waals surface area contributed by atoms with Crippen molar-refractivity contribution in [1.82, 2.24) is 9.97 Å². The van der Waals surface area contributed by atoms with Crippen LogP contribution in [0.4, 0.5) is 5.95 Å². The van der Waals surface area contributed by atoms with Gasteiger partial charge in [0.15, 0.2) is 17.3 Å². The molecule has 1 atom stereocenters. The molecule has 0 radical (unpaired) electrons. The molecule has 0 saturated carbocycles. The molecule has 0 aliphatic rings. The van der Waals surface area contributed by atoms with Gasteiger partial charge in [-0.1, -0.05) is 32.0 Å². The first kappa shape index (κ1) is 24.8. The van der Waals surface area contributed by atoms with Gasteiger partial charge in [-0.25, -0.2) is 4.98 Å². The second kappa shape index (κ2) is 10.4. The summed E-state index contributed by atoms with van der Waals surface area (Å²) in [4.78, 5) is 34.6. The standard InChI is InChI=1S/C25H30N4O5/c1-7-14(2)21(30)20(26)16-10-8-9-15(11-16)13-29(3)25-27-17-12-18(32-4)22(33-5)23(34-6)19(17)24(31)28-25/h8-12,14,26H,7,13H2,1-6H3,(H,27,28,31). The van der Waals surface area contributed by atoms with E-state index in [1.54, 1.807) is 24.1 Å². The third kappa shape index (κ3) is 4.73. The molecule has 0 amide bonds. The molecule has 3 rings (SSSR count). The zero-order valence-electron chi connectivity index (χ0n) is 20.3. The van der Waals surface area contributed by atoms with Gasteiger partial charge in [0, 0.05) is 31.1 Å². The maximum atomic E-state index is 13.0. The molecule has 0 aliphatic carbocycles. The monoisotopic (exact) mass is 466 g/mol. The number of nitrogens with zero attached hydrogens (tertiary/aromatic N) is 2. The van der Waals surface area contributed by atoms with Crippen LogP contribution in [0.5, 0.6) is 17.2 Å². The van der Waals surface area contributed by atoms with E-state index in [2.05, 4.69) is 9.97 Å². The predicted octanol–water partition coefficient (Wildman–Crippen LogP) is 3.57. The van der Waals surface area contributed by atoms with Gasteiger partial charge < -0.3 is 19.1 Å². The van der Waals surface area contributed by atoms with Crippen LogP contribution in [0.1, 0.15) is 31.4 Å². The fourth-order valence-electron chi connectivity index (χ4n) is 3.69. The molecule has 180 valence electrons. The molecule has 2 N–H and O–H groups in total. The summed E-state index contributed by atoms with van der Waals surface area (Å²) in [5.74, 6) is 0.943. The molecule has 1 aromatic heterocycles. The summed E-state index contributed by atoms with van der Waals surface area (Å²) >= 11 is 0. The lowest BCUT2D eigenvalue weighted by Gasteiger charge is -2.20. The van der Waals surface area contributed by atoms with E-state index in [9.17, 15) is 9.59 Å². The number of aromatic nitrogens is 2. The average molecular weight is 467 g/mol. The minimum Gasteiger partial charge on any atom is -0.493 e. The number of fused-ring (bicyclic) bond motifs is 1. The first-order chi connectivity index (χ1) is 16.2. The van der Waals surface area contributed by atoms with Crippen molar-refractivity contribution >= 4 is 28.3 Å². The Kier molecular flexibility index (Phi) is 7.55. The van der Waals surface area contributed by atoms with Crippen molar-refractivity contribution in [2.24, 2.45) is 5.92 Å². The molecule has 0 bridgehead atoms. The van der Waals surface area contributed by atoms with Crippen molar-refractivity contribution in [3.63, 3.8) is 0 Å². The van der Waals surface area contributed by atoms with Crippen LogP contribution in [0, 0.1) is 11.3 Å². The molecule has 0 spiro atoms. The van der Waals surface area contributed by atoms with Crippen molar-refractivity contribution < 1.29 is 19.0 Å². The Morgan fingerprint density at radius 3 is 2.47 bits per heavy atom. The van der Waals surface area contributed by atoms with E-state index in [1.807, 2.05) is 32.0 Å². The van der Waals surface area contributed by atoms with Gasteiger partial charge in [0.1, 0.15) is 11.1 Å². The van der Waals surface area contributed by atoms with Gasteiger partial charge >= 0.3 is 0 Å². The number of methoxy groups -OCH3 is 3. The molecular formula is C25H30N4O5. The smallest absolute Gasteiger partial charge is 0.264 e. The van der Waals surface area contributed by atoms with Crippen molar-refractivity contribution in [2.75, 3.05) is 33.3 Å². The lowest BCUT2D eigenvalue weighted by molar-refractivity contribution is -0.116. The topological polar surface area (TPSA) is 118 Å². The minimum atomic E-state index is -0.376. The number of aromatic amines is 1. The van der Waals surface area contributed by atoms with Gasteiger partial charge in [0.25, 0.3) is 5.56 Å². The van der Waals surface area contributed by atoms with Crippen molar-refractivity contribution in [2.45, 2.75) is 26.8 Å². The van der Waals surface area contributed by atoms with Gasteiger partial charge in [-0.3, -0.25) is 20.0 Å². The second-order valence-corrected chi connectivity index (χ2v) is 8.03. The first-order valence-electron chi connectivity index (χ1n) is 10.9. The number of anilines is 1. The fourth-order valence-corrected chi connectivity index (χ4v) is 3.69. The Morgan fingerprint density at radius 1 is 1.15 bits per heavy atom. The first-order valence-corrected chi connectivity index (χ1v) is 10.9. The van der Waals surface area contributed by atoms with Crippen LogP contribution in [-0.2, 0) is 11.3 Å². The minimum absolute atomic E-state index is 0.00391. The maximum Gasteiger partial charge on any atom is 0.264 e. The Balaban J connectivity index is 1.95. The highest BCUT2D eigenvalue weighted by Gasteiger charge is 2.21. The molecule has 9 nitrogen and oxygen atoms in total. The zero-order chi connectivity index (χ0) is 25.0. The average Bonchev–Trinajstić information content (AvgIpc) is 2.85. The normalized spacial score (nSPS) is 11.7. The van der Waals surface area contributed by atoms with Gasteiger partial charge in [-0.05, 0) is 18.1 Å². The van der Waals surface area contributed by atoms with Gasteiger partial charge in [0.05, 0.1) is 26.8 Å². The molecule has 0 aliphatic heterocycles. The summed E-state index contributed by atoms with van der Waals surface area (Å²) in [5.41, 5.74) is 1.46. The van der Waals surface area contributed by atoms with E-state index in [4.69, 9.17) is 19.6 Å². The van der Waals surface area contributed by atoms with Crippen LogP contribution in [0.2, 0.25) is 0 Å². The van der Waals surface area contributed by atoms with Crippen molar-refractivity contribution in [1.29, 1.82) is 5.41 Å². The van der Waals surface area contributed by atoms with E-state index in [1.165, 1.54) is 21.3 Å². The van der Waals surface area contributed by atoms with Crippen LogP contribution in [0.25, 0.3) is 10.9 Å².